The van der Waals surface area contributed by atoms with Crippen LogP contribution in [0.4, 0.5) is 13.2 Å². The number of carbonyl (C=O) groups is 1. The molecule has 0 radical (unpaired) electrons. The fourth-order valence-electron chi connectivity index (χ4n) is 2.82. The lowest BCUT2D eigenvalue weighted by Crippen LogP contribution is -2.04. The average Bonchev–Trinajstić information content (AvgIpc) is 2.66. The molecule has 0 bridgehead atoms. The Bertz CT molecular complexity index is 1030. The number of aromatic carboxylic acids is 1. The SMILES string of the molecule is CCOc1cc2c(C(=O)O)cc(-c3ccc(C(F)(F)F)cc3)nc2cc1OC. The summed E-state index contributed by atoms with van der Waals surface area (Å²) in [7, 11) is 1.45. The Hall–Kier alpha value is -3.29. The number of hydrogen-bond donors (Lipinski definition) is 1. The van der Waals surface area contributed by atoms with Crippen LogP contribution in [0.5, 0.6) is 11.5 Å². The summed E-state index contributed by atoms with van der Waals surface area (Å²) in [5.74, 6) is -0.431. The molecule has 0 aliphatic carbocycles. The second kappa shape index (κ2) is 7.38. The minimum atomic E-state index is -4.45. The van der Waals surface area contributed by atoms with E-state index >= 15 is 0 Å². The Morgan fingerprint density at radius 1 is 1.11 bits per heavy atom. The first kappa shape index (κ1) is 19.5. The van der Waals surface area contributed by atoms with Crippen LogP contribution in [0, 0.1) is 0 Å². The van der Waals surface area contributed by atoms with Crippen molar-refractivity contribution in [1.82, 2.24) is 4.98 Å². The number of benzene rings is 2. The molecule has 28 heavy (non-hydrogen) atoms. The van der Waals surface area contributed by atoms with E-state index in [4.69, 9.17) is 9.47 Å². The molecule has 0 amide bonds. The summed E-state index contributed by atoms with van der Waals surface area (Å²) in [6.45, 7) is 2.15. The lowest BCUT2D eigenvalue weighted by molar-refractivity contribution is -0.137. The van der Waals surface area contributed by atoms with Gasteiger partial charge in [0.1, 0.15) is 0 Å². The molecule has 1 heterocycles. The van der Waals surface area contributed by atoms with Gasteiger partial charge in [-0.05, 0) is 31.2 Å². The molecular weight excluding hydrogens is 375 g/mol. The maximum atomic E-state index is 12.8. The fourth-order valence-corrected chi connectivity index (χ4v) is 2.82. The molecular formula is C20H16F3NO4. The van der Waals surface area contributed by atoms with E-state index in [1.165, 1.54) is 31.4 Å². The number of fused-ring (bicyclic) bond motifs is 1. The predicted molar refractivity (Wildman–Crippen MR) is 96.9 cm³/mol. The van der Waals surface area contributed by atoms with Gasteiger partial charge in [0.15, 0.2) is 11.5 Å². The van der Waals surface area contributed by atoms with Crippen LogP contribution in [0.25, 0.3) is 22.2 Å². The molecule has 0 aliphatic heterocycles. The number of pyridine rings is 1. The zero-order chi connectivity index (χ0) is 20.5. The number of carboxylic acids is 1. The summed E-state index contributed by atoms with van der Waals surface area (Å²) in [6.07, 6.45) is -4.45. The Kier molecular flexibility index (Phi) is 5.13. The Morgan fingerprint density at radius 2 is 1.79 bits per heavy atom. The number of rotatable bonds is 5. The summed E-state index contributed by atoms with van der Waals surface area (Å²) in [6, 6.07) is 8.78. The average molecular weight is 391 g/mol. The number of nitrogens with zero attached hydrogens (tertiary/aromatic N) is 1. The van der Waals surface area contributed by atoms with Gasteiger partial charge in [0.25, 0.3) is 0 Å². The first-order chi connectivity index (χ1) is 13.2. The van der Waals surface area contributed by atoms with Gasteiger partial charge < -0.3 is 14.6 Å². The zero-order valence-corrected chi connectivity index (χ0v) is 15.0. The van der Waals surface area contributed by atoms with Gasteiger partial charge in [-0.2, -0.15) is 13.2 Å². The van der Waals surface area contributed by atoms with Crippen molar-refractivity contribution in [2.45, 2.75) is 13.1 Å². The van der Waals surface area contributed by atoms with Gasteiger partial charge in [0.2, 0.25) is 0 Å². The second-order valence-electron chi connectivity index (χ2n) is 5.89. The third-order valence-corrected chi connectivity index (χ3v) is 4.13. The zero-order valence-electron chi connectivity index (χ0n) is 15.0. The van der Waals surface area contributed by atoms with Gasteiger partial charge in [0.05, 0.1) is 36.1 Å². The van der Waals surface area contributed by atoms with Crippen molar-refractivity contribution < 1.29 is 32.5 Å². The second-order valence-corrected chi connectivity index (χ2v) is 5.89. The van der Waals surface area contributed by atoms with Crippen molar-refractivity contribution >= 4 is 16.9 Å². The van der Waals surface area contributed by atoms with E-state index in [1.54, 1.807) is 13.0 Å². The number of hydrogen-bond acceptors (Lipinski definition) is 4. The highest BCUT2D eigenvalue weighted by molar-refractivity contribution is 6.04. The molecule has 0 saturated heterocycles. The highest BCUT2D eigenvalue weighted by Crippen LogP contribution is 2.36. The molecule has 0 fully saturated rings. The minimum Gasteiger partial charge on any atom is -0.493 e. The van der Waals surface area contributed by atoms with Crippen LogP contribution in [0.2, 0.25) is 0 Å². The van der Waals surface area contributed by atoms with E-state index in [9.17, 15) is 23.1 Å². The fraction of sp³-hybridized carbons (Fsp3) is 0.200. The van der Waals surface area contributed by atoms with E-state index in [-0.39, 0.29) is 11.3 Å². The molecule has 2 aromatic carbocycles. The van der Waals surface area contributed by atoms with Gasteiger partial charge >= 0.3 is 12.1 Å². The highest BCUT2D eigenvalue weighted by atomic mass is 19.4. The largest absolute Gasteiger partial charge is 0.493 e. The first-order valence-electron chi connectivity index (χ1n) is 8.31. The molecule has 3 rings (SSSR count). The lowest BCUT2D eigenvalue weighted by Gasteiger charge is -2.13. The summed E-state index contributed by atoms with van der Waals surface area (Å²) in [5.41, 5.74) is 0.104. The molecule has 146 valence electrons. The maximum Gasteiger partial charge on any atom is 0.416 e. The lowest BCUT2D eigenvalue weighted by atomic mass is 10.0. The number of carboxylic acid groups (broad SMARTS) is 1. The third-order valence-electron chi connectivity index (χ3n) is 4.13. The maximum absolute atomic E-state index is 12.8. The van der Waals surface area contributed by atoms with Crippen molar-refractivity contribution in [3.63, 3.8) is 0 Å². The predicted octanol–water partition coefficient (Wildman–Crippen LogP) is 5.03. The van der Waals surface area contributed by atoms with Crippen LogP contribution >= 0.6 is 0 Å². The van der Waals surface area contributed by atoms with E-state index in [0.717, 1.165) is 12.1 Å². The Morgan fingerprint density at radius 3 is 2.32 bits per heavy atom. The quantitative estimate of drug-likeness (QED) is 0.661. The molecule has 0 spiro atoms. The molecule has 1 N–H and O–H groups in total. The Balaban J connectivity index is 2.19. The molecule has 5 nitrogen and oxygen atoms in total. The van der Waals surface area contributed by atoms with E-state index in [0.29, 0.717) is 34.6 Å². The van der Waals surface area contributed by atoms with Gasteiger partial charge in [-0.3, -0.25) is 0 Å². The van der Waals surface area contributed by atoms with Crippen molar-refractivity contribution in [3.8, 4) is 22.8 Å². The van der Waals surface area contributed by atoms with Crippen LogP contribution in [-0.2, 0) is 6.18 Å². The minimum absolute atomic E-state index is 0.0384. The van der Waals surface area contributed by atoms with Crippen LogP contribution in [0.15, 0.2) is 42.5 Å². The van der Waals surface area contributed by atoms with Gasteiger partial charge in [0, 0.05) is 17.0 Å². The van der Waals surface area contributed by atoms with E-state index < -0.39 is 17.7 Å². The normalized spacial score (nSPS) is 11.5. The van der Waals surface area contributed by atoms with Gasteiger partial charge in [-0.15, -0.1) is 0 Å². The monoisotopic (exact) mass is 391 g/mol. The van der Waals surface area contributed by atoms with Crippen molar-refractivity contribution in [1.29, 1.82) is 0 Å². The van der Waals surface area contributed by atoms with Crippen LogP contribution in [-0.4, -0.2) is 29.8 Å². The molecule has 0 unspecified atom stereocenters. The van der Waals surface area contributed by atoms with Crippen LogP contribution < -0.4 is 9.47 Å². The van der Waals surface area contributed by atoms with Gasteiger partial charge in [-0.25, -0.2) is 9.78 Å². The van der Waals surface area contributed by atoms with E-state index in [1.807, 2.05) is 0 Å². The topological polar surface area (TPSA) is 68.7 Å². The standard InChI is InChI=1S/C20H16F3NO4/c1-3-28-18-9-13-14(19(25)26)8-15(24-16(13)10-17(18)27-2)11-4-6-12(7-5-11)20(21,22)23/h4-10H,3H2,1-2H3,(H,25,26). The number of halogens is 3. The number of aromatic nitrogens is 1. The highest BCUT2D eigenvalue weighted by Gasteiger charge is 2.30. The summed E-state index contributed by atoms with van der Waals surface area (Å²) in [4.78, 5) is 16.2. The molecule has 8 heteroatoms. The third kappa shape index (κ3) is 3.71. The van der Waals surface area contributed by atoms with Crippen molar-refractivity contribution in [2.75, 3.05) is 13.7 Å². The summed E-state index contributed by atoms with van der Waals surface area (Å²) >= 11 is 0. The number of methoxy groups -OCH3 is 1. The van der Waals surface area contributed by atoms with E-state index in [2.05, 4.69) is 4.98 Å². The first-order valence-corrected chi connectivity index (χ1v) is 8.31. The van der Waals surface area contributed by atoms with Gasteiger partial charge in [-0.1, -0.05) is 12.1 Å². The summed E-state index contributed by atoms with van der Waals surface area (Å²) < 4.78 is 49.0. The number of ether oxygens (including phenoxy) is 2. The smallest absolute Gasteiger partial charge is 0.416 e. The van der Waals surface area contributed by atoms with Crippen molar-refractivity contribution in [2.24, 2.45) is 0 Å². The summed E-state index contributed by atoms with van der Waals surface area (Å²) in [5, 5.41) is 9.94. The molecule has 3 aromatic rings. The number of alkyl halides is 3. The molecule has 1 aromatic heterocycles. The Labute approximate surface area is 158 Å². The molecule has 0 atom stereocenters. The van der Waals surface area contributed by atoms with Crippen molar-refractivity contribution in [3.05, 3.63) is 53.6 Å². The molecule has 0 saturated carbocycles. The van der Waals surface area contributed by atoms with Crippen LogP contribution in [0.1, 0.15) is 22.8 Å². The van der Waals surface area contributed by atoms with Crippen LogP contribution in [0.3, 0.4) is 0 Å². The molecule has 0 aliphatic rings.